The number of carbonyl (C=O) groups excluding carboxylic acids is 1. The average Bonchev–Trinajstić information content (AvgIpc) is 3.09. The molecule has 152 valence electrons. The van der Waals surface area contributed by atoms with Gasteiger partial charge in [-0.3, -0.25) is 4.79 Å². The van der Waals surface area contributed by atoms with E-state index in [0.29, 0.717) is 11.4 Å². The highest BCUT2D eigenvalue weighted by atomic mass is 32.1. The van der Waals surface area contributed by atoms with Gasteiger partial charge in [0.25, 0.3) is 5.91 Å². The summed E-state index contributed by atoms with van der Waals surface area (Å²) in [6, 6.07) is 7.70. The Kier molecular flexibility index (Phi) is 5.64. The number of amides is 1. The van der Waals surface area contributed by atoms with Crippen LogP contribution in [0.15, 0.2) is 30.6 Å². The van der Waals surface area contributed by atoms with Crippen LogP contribution < -0.4 is 15.0 Å². The Labute approximate surface area is 174 Å². The first-order valence-corrected chi connectivity index (χ1v) is 10.5. The average molecular weight is 412 g/mol. The van der Waals surface area contributed by atoms with E-state index in [2.05, 4.69) is 32.1 Å². The normalized spacial score (nSPS) is 14.9. The molecule has 7 nitrogen and oxygen atoms in total. The van der Waals surface area contributed by atoms with Gasteiger partial charge in [0.05, 0.1) is 17.4 Å². The molecule has 8 heteroatoms. The summed E-state index contributed by atoms with van der Waals surface area (Å²) < 4.78 is 5.37. The number of methoxy groups -OCH3 is 1. The van der Waals surface area contributed by atoms with Gasteiger partial charge in [-0.1, -0.05) is 18.2 Å². The van der Waals surface area contributed by atoms with Gasteiger partial charge in [0, 0.05) is 38.3 Å². The molecule has 1 aromatic carbocycles. The summed E-state index contributed by atoms with van der Waals surface area (Å²) >= 11 is 1.42. The molecule has 1 aliphatic heterocycles. The summed E-state index contributed by atoms with van der Waals surface area (Å²) in [6.45, 7) is 6.25. The van der Waals surface area contributed by atoms with E-state index in [1.807, 2.05) is 31.2 Å². The second-order valence-electron chi connectivity index (χ2n) is 7.22. The predicted octanol–water partition coefficient (Wildman–Crippen LogP) is 2.69. The molecule has 0 atom stereocenters. The van der Waals surface area contributed by atoms with Crippen molar-refractivity contribution in [3.63, 3.8) is 0 Å². The lowest BCUT2D eigenvalue weighted by Gasteiger charge is -2.33. The monoisotopic (exact) mass is 411 g/mol. The molecule has 0 saturated carbocycles. The van der Waals surface area contributed by atoms with E-state index in [1.165, 1.54) is 11.3 Å². The Morgan fingerprint density at radius 2 is 1.97 bits per heavy atom. The molecule has 0 aliphatic carbocycles. The van der Waals surface area contributed by atoms with Crippen LogP contribution in [-0.4, -0.2) is 61.1 Å². The Morgan fingerprint density at radius 3 is 2.72 bits per heavy atom. The summed E-state index contributed by atoms with van der Waals surface area (Å²) in [5.74, 6) is 1.60. The first-order valence-electron chi connectivity index (χ1n) is 9.66. The van der Waals surface area contributed by atoms with Crippen LogP contribution >= 0.6 is 11.3 Å². The smallest absolute Gasteiger partial charge is 0.261 e. The second kappa shape index (κ2) is 8.34. The maximum absolute atomic E-state index is 12.9. The van der Waals surface area contributed by atoms with Crippen molar-refractivity contribution in [1.82, 2.24) is 20.2 Å². The standard InChI is InChI=1S/C21H25N5O2S/c1-14-17-19(26-10-8-25(2)9-11-26)23-13-24-21(17)29-18(14)20(27)22-12-15-6-4-5-7-16(15)28-3/h4-7,13H,8-12H2,1-3H3,(H,22,27). The van der Waals surface area contributed by atoms with Crippen molar-refractivity contribution in [2.24, 2.45) is 0 Å². The van der Waals surface area contributed by atoms with Crippen molar-refractivity contribution in [3.8, 4) is 5.75 Å². The number of anilines is 1. The van der Waals surface area contributed by atoms with Crippen LogP contribution in [-0.2, 0) is 6.54 Å². The molecule has 1 saturated heterocycles. The van der Waals surface area contributed by atoms with Crippen molar-refractivity contribution in [2.75, 3.05) is 45.2 Å². The van der Waals surface area contributed by atoms with Crippen molar-refractivity contribution >= 4 is 33.3 Å². The van der Waals surface area contributed by atoms with Crippen LogP contribution in [0.3, 0.4) is 0 Å². The molecule has 1 fully saturated rings. The fourth-order valence-electron chi connectivity index (χ4n) is 3.63. The molecule has 1 amide bonds. The number of benzene rings is 1. The lowest BCUT2D eigenvalue weighted by Crippen LogP contribution is -2.44. The van der Waals surface area contributed by atoms with Gasteiger partial charge in [0.1, 0.15) is 22.7 Å². The van der Waals surface area contributed by atoms with E-state index < -0.39 is 0 Å². The third kappa shape index (κ3) is 3.90. The molecule has 0 radical (unpaired) electrons. The number of nitrogens with zero attached hydrogens (tertiary/aromatic N) is 4. The molecule has 1 N–H and O–H groups in total. The number of nitrogens with one attached hydrogen (secondary N) is 1. The molecule has 3 aromatic rings. The first-order chi connectivity index (χ1) is 14.1. The molecule has 2 aromatic heterocycles. The van der Waals surface area contributed by atoms with E-state index in [9.17, 15) is 4.79 Å². The first kappa shape index (κ1) is 19.6. The van der Waals surface area contributed by atoms with E-state index >= 15 is 0 Å². The van der Waals surface area contributed by atoms with Gasteiger partial charge >= 0.3 is 0 Å². The molecular weight excluding hydrogens is 386 g/mol. The van der Waals surface area contributed by atoms with Gasteiger partial charge < -0.3 is 19.9 Å². The van der Waals surface area contributed by atoms with Crippen molar-refractivity contribution < 1.29 is 9.53 Å². The summed E-state index contributed by atoms with van der Waals surface area (Å²) in [4.78, 5) is 28.1. The Bertz CT molecular complexity index is 1030. The summed E-state index contributed by atoms with van der Waals surface area (Å²) in [7, 11) is 3.77. The zero-order chi connectivity index (χ0) is 20.4. The highest BCUT2D eigenvalue weighted by Crippen LogP contribution is 2.35. The molecule has 29 heavy (non-hydrogen) atoms. The molecule has 1 aliphatic rings. The van der Waals surface area contributed by atoms with Gasteiger partial charge in [-0.15, -0.1) is 11.3 Å². The number of piperazine rings is 1. The van der Waals surface area contributed by atoms with Crippen LogP contribution in [0.25, 0.3) is 10.2 Å². The lowest BCUT2D eigenvalue weighted by atomic mass is 10.1. The molecule has 0 unspecified atom stereocenters. The van der Waals surface area contributed by atoms with Gasteiger partial charge in [-0.05, 0) is 25.6 Å². The number of fused-ring (bicyclic) bond motifs is 1. The van der Waals surface area contributed by atoms with Crippen molar-refractivity contribution in [3.05, 3.63) is 46.6 Å². The topological polar surface area (TPSA) is 70.6 Å². The minimum Gasteiger partial charge on any atom is -0.496 e. The van der Waals surface area contributed by atoms with Crippen molar-refractivity contribution in [1.29, 1.82) is 0 Å². The summed E-state index contributed by atoms with van der Waals surface area (Å²) in [6.07, 6.45) is 1.60. The molecule has 3 heterocycles. The van der Waals surface area contributed by atoms with E-state index in [0.717, 1.165) is 59.1 Å². The van der Waals surface area contributed by atoms with Crippen LogP contribution in [0.2, 0.25) is 0 Å². The largest absolute Gasteiger partial charge is 0.496 e. The van der Waals surface area contributed by atoms with E-state index in [-0.39, 0.29) is 5.91 Å². The number of hydrogen-bond acceptors (Lipinski definition) is 7. The van der Waals surface area contributed by atoms with Crippen LogP contribution in [0.1, 0.15) is 20.8 Å². The molecular formula is C21H25N5O2S. The zero-order valence-electron chi connectivity index (χ0n) is 16.9. The number of hydrogen-bond donors (Lipinski definition) is 1. The lowest BCUT2D eigenvalue weighted by molar-refractivity contribution is 0.0954. The number of ether oxygens (including phenoxy) is 1. The number of aromatic nitrogens is 2. The minimum atomic E-state index is -0.0965. The van der Waals surface area contributed by atoms with Gasteiger partial charge in [0.2, 0.25) is 0 Å². The maximum atomic E-state index is 12.9. The van der Waals surface area contributed by atoms with Crippen LogP contribution in [0.5, 0.6) is 5.75 Å². The fourth-order valence-corrected chi connectivity index (χ4v) is 4.69. The number of para-hydroxylation sites is 1. The van der Waals surface area contributed by atoms with Crippen LogP contribution in [0, 0.1) is 6.92 Å². The molecule has 0 bridgehead atoms. The Morgan fingerprint density at radius 1 is 1.21 bits per heavy atom. The Hall–Kier alpha value is -2.71. The second-order valence-corrected chi connectivity index (χ2v) is 8.22. The third-order valence-corrected chi connectivity index (χ3v) is 6.55. The predicted molar refractivity (Wildman–Crippen MR) is 116 cm³/mol. The summed E-state index contributed by atoms with van der Waals surface area (Å²) in [5.41, 5.74) is 1.89. The van der Waals surface area contributed by atoms with E-state index in [1.54, 1.807) is 13.4 Å². The van der Waals surface area contributed by atoms with Gasteiger partial charge in [0.15, 0.2) is 0 Å². The van der Waals surface area contributed by atoms with Gasteiger partial charge in [-0.2, -0.15) is 0 Å². The zero-order valence-corrected chi connectivity index (χ0v) is 17.8. The fraction of sp³-hybridized carbons (Fsp3) is 0.381. The maximum Gasteiger partial charge on any atom is 0.261 e. The molecule has 4 rings (SSSR count). The van der Waals surface area contributed by atoms with Crippen molar-refractivity contribution in [2.45, 2.75) is 13.5 Å². The number of aryl methyl sites for hydroxylation is 1. The quantitative estimate of drug-likeness (QED) is 0.696. The minimum absolute atomic E-state index is 0.0965. The number of thiophene rings is 1. The Balaban J connectivity index is 1.59. The number of likely N-dealkylation sites (N-methyl/N-ethyl adjacent to an activating group) is 1. The molecule has 0 spiro atoms. The number of carbonyl (C=O) groups is 1. The van der Waals surface area contributed by atoms with E-state index in [4.69, 9.17) is 4.74 Å². The summed E-state index contributed by atoms with van der Waals surface area (Å²) in [5, 5.41) is 4.01. The number of rotatable bonds is 5. The highest BCUT2D eigenvalue weighted by molar-refractivity contribution is 7.20. The van der Waals surface area contributed by atoms with Crippen LogP contribution in [0.4, 0.5) is 5.82 Å². The highest BCUT2D eigenvalue weighted by Gasteiger charge is 2.23. The van der Waals surface area contributed by atoms with Gasteiger partial charge in [-0.25, -0.2) is 9.97 Å². The SMILES string of the molecule is COc1ccccc1CNC(=O)c1sc2ncnc(N3CCN(C)CC3)c2c1C. The third-order valence-electron chi connectivity index (χ3n) is 5.35.